The van der Waals surface area contributed by atoms with E-state index in [0.717, 1.165) is 11.5 Å². The predicted molar refractivity (Wildman–Crippen MR) is 81.8 cm³/mol. The lowest BCUT2D eigenvalue weighted by Gasteiger charge is -2.08. The molecule has 5 nitrogen and oxygen atoms in total. The van der Waals surface area contributed by atoms with Crippen LogP contribution >= 0.6 is 11.6 Å². The van der Waals surface area contributed by atoms with E-state index in [1.165, 1.54) is 11.9 Å². The molecule has 6 heteroatoms. The van der Waals surface area contributed by atoms with Crippen molar-refractivity contribution >= 4 is 22.8 Å². The van der Waals surface area contributed by atoms with E-state index in [-0.39, 0.29) is 0 Å². The SMILES string of the molecule is COc1ncnc2c1nc(CCCl)n2Cc1ccccc1. The van der Waals surface area contributed by atoms with Crippen molar-refractivity contribution in [2.45, 2.75) is 13.0 Å². The van der Waals surface area contributed by atoms with Gasteiger partial charge in [-0.2, -0.15) is 4.98 Å². The van der Waals surface area contributed by atoms with Crippen LogP contribution < -0.4 is 4.74 Å². The summed E-state index contributed by atoms with van der Waals surface area (Å²) in [4.78, 5) is 13.1. The Kier molecular flexibility index (Phi) is 4.01. The van der Waals surface area contributed by atoms with E-state index in [0.29, 0.717) is 30.2 Å². The van der Waals surface area contributed by atoms with Crippen molar-refractivity contribution in [2.75, 3.05) is 13.0 Å². The van der Waals surface area contributed by atoms with Crippen LogP contribution in [-0.2, 0) is 13.0 Å². The molecule has 0 aliphatic rings. The van der Waals surface area contributed by atoms with Crippen LogP contribution in [0.5, 0.6) is 5.88 Å². The third-order valence-corrected chi connectivity index (χ3v) is 3.46. The number of imidazole rings is 1. The predicted octanol–water partition coefficient (Wildman–Crippen LogP) is 2.66. The summed E-state index contributed by atoms with van der Waals surface area (Å²) in [6.07, 6.45) is 2.17. The van der Waals surface area contributed by atoms with Gasteiger partial charge < -0.3 is 9.30 Å². The zero-order chi connectivity index (χ0) is 14.7. The topological polar surface area (TPSA) is 52.8 Å². The molecule has 0 radical (unpaired) electrons. The zero-order valence-corrected chi connectivity index (χ0v) is 12.4. The van der Waals surface area contributed by atoms with Crippen molar-refractivity contribution in [3.8, 4) is 5.88 Å². The maximum Gasteiger partial charge on any atom is 0.245 e. The standard InChI is InChI=1S/C15H15ClN4O/c1-21-15-13-14(17-10-18-15)20(12(19-13)7-8-16)9-11-5-3-2-4-6-11/h2-6,10H,7-9H2,1H3. The Morgan fingerprint density at radius 1 is 1.19 bits per heavy atom. The van der Waals surface area contributed by atoms with Crippen LogP contribution in [0.4, 0.5) is 0 Å². The maximum atomic E-state index is 5.89. The largest absolute Gasteiger partial charge is 0.479 e. The van der Waals surface area contributed by atoms with Gasteiger partial charge in [-0.3, -0.25) is 0 Å². The quantitative estimate of drug-likeness (QED) is 0.680. The highest BCUT2D eigenvalue weighted by Gasteiger charge is 2.16. The molecule has 0 saturated heterocycles. The van der Waals surface area contributed by atoms with Gasteiger partial charge in [-0.25, -0.2) is 9.97 Å². The highest BCUT2D eigenvalue weighted by atomic mass is 35.5. The number of methoxy groups -OCH3 is 1. The van der Waals surface area contributed by atoms with Crippen LogP contribution in [0.15, 0.2) is 36.7 Å². The fourth-order valence-corrected chi connectivity index (χ4v) is 2.49. The number of aromatic nitrogens is 4. The number of fused-ring (bicyclic) bond motifs is 1. The number of nitrogens with zero attached hydrogens (tertiary/aromatic N) is 4. The average Bonchev–Trinajstić information content (AvgIpc) is 2.87. The van der Waals surface area contributed by atoms with Crippen LogP contribution in [0.25, 0.3) is 11.2 Å². The summed E-state index contributed by atoms with van der Waals surface area (Å²) in [7, 11) is 1.58. The Morgan fingerprint density at radius 2 is 2.00 bits per heavy atom. The molecule has 108 valence electrons. The smallest absolute Gasteiger partial charge is 0.245 e. The second kappa shape index (κ2) is 6.10. The second-order valence-electron chi connectivity index (χ2n) is 4.59. The summed E-state index contributed by atoms with van der Waals surface area (Å²) in [6, 6.07) is 10.2. The first-order valence-electron chi connectivity index (χ1n) is 6.67. The monoisotopic (exact) mass is 302 g/mol. The summed E-state index contributed by atoms with van der Waals surface area (Å²) < 4.78 is 7.33. The average molecular weight is 303 g/mol. The molecule has 0 aliphatic heterocycles. The van der Waals surface area contributed by atoms with Gasteiger partial charge in [0.2, 0.25) is 5.88 Å². The minimum absolute atomic E-state index is 0.489. The molecule has 0 saturated carbocycles. The maximum absolute atomic E-state index is 5.89. The number of benzene rings is 1. The number of alkyl halides is 1. The van der Waals surface area contributed by atoms with Crippen LogP contribution in [-0.4, -0.2) is 32.5 Å². The first kappa shape index (κ1) is 13.8. The van der Waals surface area contributed by atoms with E-state index in [2.05, 4.69) is 31.7 Å². The normalized spacial score (nSPS) is 11.0. The molecule has 0 unspecified atom stereocenters. The Morgan fingerprint density at radius 3 is 2.71 bits per heavy atom. The van der Waals surface area contributed by atoms with Gasteiger partial charge >= 0.3 is 0 Å². The summed E-state index contributed by atoms with van der Waals surface area (Å²) in [5.41, 5.74) is 2.63. The molecule has 1 aromatic carbocycles. The van der Waals surface area contributed by atoms with Gasteiger partial charge in [0.15, 0.2) is 11.2 Å². The summed E-state index contributed by atoms with van der Waals surface area (Å²) in [5, 5.41) is 0. The minimum atomic E-state index is 0.489. The van der Waals surface area contributed by atoms with Crippen LogP contribution in [0.3, 0.4) is 0 Å². The molecule has 2 heterocycles. The Labute approximate surface area is 127 Å². The van der Waals surface area contributed by atoms with E-state index in [1.807, 2.05) is 18.2 Å². The van der Waals surface area contributed by atoms with E-state index < -0.39 is 0 Å². The molecule has 0 aliphatic carbocycles. The first-order valence-corrected chi connectivity index (χ1v) is 7.21. The van der Waals surface area contributed by atoms with Gasteiger partial charge in [-0.05, 0) is 5.56 Å². The molecule has 3 rings (SSSR count). The lowest BCUT2D eigenvalue weighted by molar-refractivity contribution is 0.401. The van der Waals surface area contributed by atoms with Gasteiger partial charge in [0.05, 0.1) is 13.7 Å². The molecule has 21 heavy (non-hydrogen) atoms. The molecule has 0 fully saturated rings. The zero-order valence-electron chi connectivity index (χ0n) is 11.7. The lowest BCUT2D eigenvalue weighted by atomic mass is 10.2. The molecule has 0 atom stereocenters. The minimum Gasteiger partial charge on any atom is -0.479 e. The number of halogens is 1. The summed E-state index contributed by atoms with van der Waals surface area (Å²) in [5.74, 6) is 1.89. The van der Waals surface area contributed by atoms with Crippen molar-refractivity contribution in [3.63, 3.8) is 0 Å². The van der Waals surface area contributed by atoms with Gasteiger partial charge in [-0.15, -0.1) is 11.6 Å². The van der Waals surface area contributed by atoms with Crippen molar-refractivity contribution in [1.29, 1.82) is 0 Å². The van der Waals surface area contributed by atoms with Crippen LogP contribution in [0.2, 0.25) is 0 Å². The third-order valence-electron chi connectivity index (χ3n) is 3.27. The molecule has 0 amide bonds. The number of aryl methyl sites for hydroxylation is 1. The Hall–Kier alpha value is -2.14. The number of hydrogen-bond donors (Lipinski definition) is 0. The number of ether oxygens (including phenoxy) is 1. The van der Waals surface area contributed by atoms with Crippen LogP contribution in [0.1, 0.15) is 11.4 Å². The second-order valence-corrected chi connectivity index (χ2v) is 4.97. The van der Waals surface area contributed by atoms with Crippen LogP contribution in [0, 0.1) is 0 Å². The first-order chi connectivity index (χ1) is 10.3. The van der Waals surface area contributed by atoms with Crippen molar-refractivity contribution in [1.82, 2.24) is 19.5 Å². The summed E-state index contributed by atoms with van der Waals surface area (Å²) >= 11 is 5.89. The Bertz CT molecular complexity index is 742. The van der Waals surface area contributed by atoms with Crippen molar-refractivity contribution in [2.24, 2.45) is 0 Å². The van der Waals surface area contributed by atoms with E-state index in [1.54, 1.807) is 7.11 Å². The lowest BCUT2D eigenvalue weighted by Crippen LogP contribution is -2.06. The number of rotatable bonds is 5. The van der Waals surface area contributed by atoms with E-state index in [9.17, 15) is 0 Å². The molecule has 2 aromatic heterocycles. The van der Waals surface area contributed by atoms with Gasteiger partial charge in [0.1, 0.15) is 12.2 Å². The van der Waals surface area contributed by atoms with E-state index in [4.69, 9.17) is 16.3 Å². The molecule has 0 bridgehead atoms. The van der Waals surface area contributed by atoms with Gasteiger partial charge in [0, 0.05) is 12.3 Å². The molecular weight excluding hydrogens is 288 g/mol. The highest BCUT2D eigenvalue weighted by Crippen LogP contribution is 2.23. The van der Waals surface area contributed by atoms with Crippen molar-refractivity contribution < 1.29 is 4.74 Å². The molecule has 3 aromatic rings. The fraction of sp³-hybridized carbons (Fsp3) is 0.267. The van der Waals surface area contributed by atoms with Gasteiger partial charge in [-0.1, -0.05) is 30.3 Å². The highest BCUT2D eigenvalue weighted by molar-refractivity contribution is 6.17. The number of hydrogen-bond acceptors (Lipinski definition) is 4. The van der Waals surface area contributed by atoms with E-state index >= 15 is 0 Å². The van der Waals surface area contributed by atoms with Gasteiger partial charge in [0.25, 0.3) is 0 Å². The molecule has 0 spiro atoms. The molecular formula is C15H15ClN4O. The third kappa shape index (κ3) is 2.69. The molecule has 0 N–H and O–H groups in total. The Balaban J connectivity index is 2.12. The summed E-state index contributed by atoms with van der Waals surface area (Å²) in [6.45, 7) is 0.698. The van der Waals surface area contributed by atoms with Crippen molar-refractivity contribution in [3.05, 3.63) is 48.0 Å². The fourth-order valence-electron chi connectivity index (χ4n) is 2.32.